The van der Waals surface area contributed by atoms with Crippen molar-refractivity contribution < 1.29 is 28.2 Å². The van der Waals surface area contributed by atoms with E-state index in [-0.39, 0.29) is 18.0 Å². The van der Waals surface area contributed by atoms with Gasteiger partial charge >= 0.3 is 11.8 Å². The van der Waals surface area contributed by atoms with Crippen LogP contribution in [0.5, 0.6) is 11.5 Å². The molecule has 3 aromatic rings. The number of carbonyl (C=O) groups excluding carboxylic acids is 2. The summed E-state index contributed by atoms with van der Waals surface area (Å²) in [7, 11) is 1.61. The van der Waals surface area contributed by atoms with Crippen LogP contribution in [-0.4, -0.2) is 50.1 Å². The van der Waals surface area contributed by atoms with E-state index in [0.717, 1.165) is 53.2 Å². The molecule has 11 heteroatoms. The Balaban J connectivity index is 1.24. The van der Waals surface area contributed by atoms with E-state index >= 15 is 4.39 Å². The second kappa shape index (κ2) is 15.2. The lowest BCUT2D eigenvalue weighted by atomic mass is 9.99. The SMILES string of the molecule is COC1=CCc2c(Oc3ccc(NC(=O)C(=O)NCCc4cccc(Br)c4)cc3F)ccnc2C(C)=C1OCC1CCNCC1. The van der Waals surface area contributed by atoms with Crippen molar-refractivity contribution in [1.29, 1.82) is 0 Å². The summed E-state index contributed by atoms with van der Waals surface area (Å²) in [5, 5.41) is 8.39. The minimum absolute atomic E-state index is 0.0379. The van der Waals surface area contributed by atoms with E-state index in [4.69, 9.17) is 14.2 Å². The number of nitrogens with zero attached hydrogens (tertiary/aromatic N) is 1. The van der Waals surface area contributed by atoms with Gasteiger partial charge in [-0.05, 0) is 87.2 Å². The van der Waals surface area contributed by atoms with Crippen LogP contribution in [-0.2, 0) is 31.9 Å². The van der Waals surface area contributed by atoms with Gasteiger partial charge in [-0.1, -0.05) is 28.1 Å². The fourth-order valence-electron chi connectivity index (χ4n) is 5.34. The van der Waals surface area contributed by atoms with Gasteiger partial charge in [0, 0.05) is 46.5 Å². The third-order valence-corrected chi connectivity index (χ3v) is 8.26. The van der Waals surface area contributed by atoms with Crippen molar-refractivity contribution in [3.05, 3.63) is 99.4 Å². The average molecular weight is 680 g/mol. The molecule has 9 nitrogen and oxygen atoms in total. The molecular formula is C34H36BrFN4O5. The number of fused-ring (bicyclic) bond motifs is 1. The quantitative estimate of drug-likeness (QED) is 0.229. The minimum Gasteiger partial charge on any atom is -0.493 e. The maximum Gasteiger partial charge on any atom is 0.313 e. The number of allylic oxidation sites excluding steroid dienone is 2. The summed E-state index contributed by atoms with van der Waals surface area (Å²) in [6, 6.07) is 13.4. The molecule has 1 aliphatic carbocycles. The van der Waals surface area contributed by atoms with Gasteiger partial charge < -0.3 is 30.2 Å². The van der Waals surface area contributed by atoms with Crippen LogP contribution < -0.4 is 20.7 Å². The number of rotatable bonds is 10. The van der Waals surface area contributed by atoms with Crippen molar-refractivity contribution >= 4 is 39.0 Å². The molecule has 236 valence electrons. The monoisotopic (exact) mass is 678 g/mol. The first-order valence-corrected chi connectivity index (χ1v) is 15.7. The largest absolute Gasteiger partial charge is 0.493 e. The normalized spacial score (nSPS) is 15.0. The van der Waals surface area contributed by atoms with Gasteiger partial charge in [0.1, 0.15) is 5.75 Å². The van der Waals surface area contributed by atoms with E-state index < -0.39 is 17.6 Å². The summed E-state index contributed by atoms with van der Waals surface area (Å²) < 4.78 is 34.2. The zero-order chi connectivity index (χ0) is 31.8. The molecule has 2 aliphatic rings. The number of halogens is 2. The molecule has 0 atom stereocenters. The summed E-state index contributed by atoms with van der Waals surface area (Å²) >= 11 is 3.41. The van der Waals surface area contributed by atoms with E-state index in [1.807, 2.05) is 37.3 Å². The van der Waals surface area contributed by atoms with Crippen LogP contribution in [0.25, 0.3) is 5.57 Å². The predicted molar refractivity (Wildman–Crippen MR) is 173 cm³/mol. The summed E-state index contributed by atoms with van der Waals surface area (Å²) in [6.07, 6.45) is 6.63. The van der Waals surface area contributed by atoms with Crippen LogP contribution >= 0.6 is 15.9 Å². The maximum atomic E-state index is 15.2. The number of aromatic nitrogens is 1. The van der Waals surface area contributed by atoms with Crippen LogP contribution in [0.4, 0.5) is 10.1 Å². The summed E-state index contributed by atoms with van der Waals surface area (Å²) in [5.41, 5.74) is 3.40. The number of nitrogens with one attached hydrogen (secondary N) is 3. The molecule has 2 heterocycles. The molecule has 2 aromatic carbocycles. The lowest BCUT2D eigenvalue weighted by molar-refractivity contribution is -0.136. The number of benzene rings is 2. The summed E-state index contributed by atoms with van der Waals surface area (Å²) in [5.74, 6) is -0.280. The first kappa shape index (κ1) is 32.2. The number of pyridine rings is 1. The lowest BCUT2D eigenvalue weighted by Crippen LogP contribution is -2.36. The molecule has 1 aliphatic heterocycles. The van der Waals surface area contributed by atoms with Crippen LogP contribution in [0.1, 0.15) is 36.6 Å². The highest BCUT2D eigenvalue weighted by molar-refractivity contribution is 9.10. The van der Waals surface area contributed by atoms with E-state index in [1.165, 1.54) is 12.1 Å². The standard InChI is InChI=1S/C34H36BrFN4O5/c1-21-31-26(7-9-30(43-2)32(21)44-20-23-10-14-37-15-11-23)28(13-17-38-31)45-29-8-6-25(19-27(29)36)40-34(42)33(41)39-16-12-22-4-3-5-24(35)18-22/h3-6,8-9,13,17-19,23,37H,7,10-12,14-16,20H2,1-2H3,(H,39,41)(H,40,42). The van der Waals surface area contributed by atoms with Crippen molar-refractivity contribution in [2.45, 2.75) is 32.6 Å². The number of amides is 2. The Morgan fingerprint density at radius 1 is 1.09 bits per heavy atom. The van der Waals surface area contributed by atoms with E-state index in [9.17, 15) is 9.59 Å². The van der Waals surface area contributed by atoms with Crippen molar-refractivity contribution in [3.63, 3.8) is 0 Å². The molecule has 3 N–H and O–H groups in total. The summed E-state index contributed by atoms with van der Waals surface area (Å²) in [6.45, 7) is 4.76. The molecule has 45 heavy (non-hydrogen) atoms. The Morgan fingerprint density at radius 3 is 2.67 bits per heavy atom. The third kappa shape index (κ3) is 8.29. The molecule has 1 fully saturated rings. The number of hydrogen-bond donors (Lipinski definition) is 3. The van der Waals surface area contributed by atoms with Crippen LogP contribution in [0, 0.1) is 11.7 Å². The molecule has 1 saturated heterocycles. The molecule has 0 bridgehead atoms. The number of carbonyl (C=O) groups is 2. The molecule has 0 saturated carbocycles. The van der Waals surface area contributed by atoms with Gasteiger partial charge in [0.2, 0.25) is 0 Å². The van der Waals surface area contributed by atoms with Gasteiger partial charge in [-0.3, -0.25) is 14.6 Å². The highest BCUT2D eigenvalue weighted by atomic mass is 79.9. The Morgan fingerprint density at radius 2 is 1.91 bits per heavy atom. The zero-order valence-electron chi connectivity index (χ0n) is 25.3. The van der Waals surface area contributed by atoms with Gasteiger partial charge in [-0.25, -0.2) is 4.39 Å². The lowest BCUT2D eigenvalue weighted by Gasteiger charge is -2.24. The predicted octanol–water partition coefficient (Wildman–Crippen LogP) is 5.91. The van der Waals surface area contributed by atoms with Crippen LogP contribution in [0.3, 0.4) is 0 Å². The molecule has 1 aromatic heterocycles. The molecule has 5 rings (SSSR count). The molecule has 0 radical (unpaired) electrons. The number of anilines is 1. The molecule has 0 spiro atoms. The number of methoxy groups -OCH3 is 1. The average Bonchev–Trinajstić information content (AvgIpc) is 3.18. The number of piperidine rings is 1. The Bertz CT molecular complexity index is 1620. The van der Waals surface area contributed by atoms with Gasteiger partial charge in [-0.15, -0.1) is 0 Å². The van der Waals surface area contributed by atoms with Crippen LogP contribution in [0.15, 0.2) is 76.8 Å². The first-order valence-electron chi connectivity index (χ1n) is 14.9. The highest BCUT2D eigenvalue weighted by Gasteiger charge is 2.25. The Kier molecular flexibility index (Phi) is 10.9. The first-order chi connectivity index (χ1) is 21.8. The van der Waals surface area contributed by atoms with Crippen molar-refractivity contribution in [1.82, 2.24) is 15.6 Å². The molecule has 2 amide bonds. The number of ether oxygens (including phenoxy) is 3. The van der Waals surface area contributed by atoms with E-state index in [1.54, 1.807) is 19.4 Å². The van der Waals surface area contributed by atoms with E-state index in [0.29, 0.717) is 48.3 Å². The van der Waals surface area contributed by atoms with E-state index in [2.05, 4.69) is 36.9 Å². The Hall–Kier alpha value is -4.22. The number of hydrogen-bond acceptors (Lipinski definition) is 7. The smallest absolute Gasteiger partial charge is 0.313 e. The van der Waals surface area contributed by atoms with Gasteiger partial charge in [0.15, 0.2) is 23.1 Å². The van der Waals surface area contributed by atoms with Crippen LogP contribution in [0.2, 0.25) is 0 Å². The van der Waals surface area contributed by atoms with Crippen molar-refractivity contribution in [2.24, 2.45) is 5.92 Å². The van der Waals surface area contributed by atoms with Gasteiger partial charge in [-0.2, -0.15) is 0 Å². The fraction of sp³-hybridized carbons (Fsp3) is 0.324. The molecular weight excluding hydrogens is 643 g/mol. The van der Waals surface area contributed by atoms with Crippen molar-refractivity contribution in [3.8, 4) is 11.5 Å². The fourth-order valence-corrected chi connectivity index (χ4v) is 5.78. The maximum absolute atomic E-state index is 15.2. The minimum atomic E-state index is -0.891. The molecule has 0 unspecified atom stereocenters. The third-order valence-electron chi connectivity index (χ3n) is 7.77. The highest BCUT2D eigenvalue weighted by Crippen LogP contribution is 2.37. The Labute approximate surface area is 270 Å². The second-order valence-electron chi connectivity index (χ2n) is 10.9. The van der Waals surface area contributed by atoms with Gasteiger partial charge in [0.05, 0.1) is 19.4 Å². The summed E-state index contributed by atoms with van der Waals surface area (Å²) in [4.78, 5) is 29.3. The van der Waals surface area contributed by atoms with Gasteiger partial charge in [0.25, 0.3) is 0 Å². The van der Waals surface area contributed by atoms with Crippen molar-refractivity contribution in [2.75, 3.05) is 38.7 Å². The second-order valence-corrected chi connectivity index (χ2v) is 11.8. The topological polar surface area (TPSA) is 111 Å². The zero-order valence-corrected chi connectivity index (χ0v) is 26.8.